The molecule has 0 aromatic heterocycles. The van der Waals surface area contributed by atoms with Crippen LogP contribution in [-0.4, -0.2) is 26.4 Å². The van der Waals surface area contributed by atoms with E-state index >= 15 is 0 Å². The molecular formula is AlFKLiO4Si. The fraction of sp³-hybridized carbons (Fsp3) is 0. The Balaban J connectivity index is -0.0000000133. The van der Waals surface area contributed by atoms with Crippen molar-refractivity contribution >= 4 is 26.4 Å². The number of halogens is 1. The van der Waals surface area contributed by atoms with Crippen LogP contribution in [0.3, 0.4) is 0 Å². The van der Waals surface area contributed by atoms with Crippen molar-refractivity contribution in [1.82, 2.24) is 0 Å². The van der Waals surface area contributed by atoms with Crippen molar-refractivity contribution in [1.29, 1.82) is 0 Å². The van der Waals surface area contributed by atoms with Crippen LogP contribution in [-0.2, 0) is 0 Å². The zero-order chi connectivity index (χ0) is 4.50. The van der Waals surface area contributed by atoms with Crippen molar-refractivity contribution in [3.05, 3.63) is 0 Å². The van der Waals surface area contributed by atoms with Gasteiger partial charge in [0.25, 0.3) is 0 Å². The van der Waals surface area contributed by atoms with Crippen LogP contribution in [0.4, 0.5) is 0 Å². The maximum absolute atomic E-state index is 8.58. The molecule has 0 heterocycles. The Morgan fingerprint density at radius 1 is 0.889 bits per heavy atom. The van der Waals surface area contributed by atoms with Gasteiger partial charge in [0.15, 0.2) is 0 Å². The Morgan fingerprint density at radius 2 is 0.889 bits per heavy atom. The van der Waals surface area contributed by atoms with E-state index in [1.807, 2.05) is 0 Å². The molecule has 0 spiro atoms. The van der Waals surface area contributed by atoms with Gasteiger partial charge < -0.3 is 32.9 Å². The minimum atomic E-state index is -5.61. The van der Waals surface area contributed by atoms with Gasteiger partial charge in [-0.3, -0.25) is 0 Å². The Hall–Kier alpha value is 2.75. The number of hydrogen-bond donors (Lipinski definition) is 0. The van der Waals surface area contributed by atoms with Crippen LogP contribution in [0.1, 0.15) is 0 Å². The van der Waals surface area contributed by atoms with Gasteiger partial charge in [-0.1, -0.05) is 0 Å². The van der Waals surface area contributed by atoms with E-state index in [1.165, 1.54) is 0 Å². The summed E-state index contributed by atoms with van der Waals surface area (Å²) in [4.78, 5) is 34.3. The smallest absolute Gasteiger partial charge is 1.00 e. The predicted molar refractivity (Wildman–Crippen MR) is 11.5 cm³/mol. The van der Waals surface area contributed by atoms with E-state index < -0.39 is 9.05 Å². The van der Waals surface area contributed by atoms with Crippen LogP contribution >= 0.6 is 0 Å². The van der Waals surface area contributed by atoms with Gasteiger partial charge in [-0.05, 0) is 0 Å². The first-order valence-electron chi connectivity index (χ1n) is 0.816. The topological polar surface area (TPSA) is 92.2 Å². The van der Waals surface area contributed by atoms with Crippen LogP contribution in [0, 0.1) is 0 Å². The summed E-state index contributed by atoms with van der Waals surface area (Å²) in [7, 11) is -5.61. The van der Waals surface area contributed by atoms with Gasteiger partial charge >= 0.3 is 87.6 Å². The summed E-state index contributed by atoms with van der Waals surface area (Å²) in [6, 6.07) is 0. The maximum atomic E-state index is 8.58. The summed E-state index contributed by atoms with van der Waals surface area (Å²) < 4.78 is 0. The second-order valence-corrected chi connectivity index (χ2v) is 1.50. The molecular weight excluding hydrogens is 184 g/mol. The van der Waals surface area contributed by atoms with Crippen molar-refractivity contribution in [2.45, 2.75) is 0 Å². The second-order valence-electron chi connectivity index (χ2n) is 0.500. The van der Waals surface area contributed by atoms with E-state index in [9.17, 15) is 0 Å². The summed E-state index contributed by atoms with van der Waals surface area (Å²) in [5.41, 5.74) is 0. The van der Waals surface area contributed by atoms with Gasteiger partial charge in [0, 0.05) is 0 Å². The summed E-state index contributed by atoms with van der Waals surface area (Å²) in [6.07, 6.45) is 0. The van der Waals surface area contributed by atoms with Gasteiger partial charge in [-0.2, -0.15) is 0 Å². The average Bonchev–Trinajstić information content (AvgIpc) is 0.722. The molecule has 0 atom stereocenters. The monoisotopic (exact) mass is 184 g/mol. The Morgan fingerprint density at radius 3 is 0.889 bits per heavy atom. The minimum absolute atomic E-state index is 0. The first-order chi connectivity index (χ1) is 2.00. The standard InChI is InChI=1S/Al.FH.K.Li.O4Si/c;;;;1-5(2,3)4/h;1H;;;/q+3;;2*+1;-4/p-1. The van der Waals surface area contributed by atoms with Crippen molar-refractivity contribution in [3.8, 4) is 0 Å². The van der Waals surface area contributed by atoms with Crippen molar-refractivity contribution in [2.75, 3.05) is 0 Å². The van der Waals surface area contributed by atoms with E-state index in [2.05, 4.69) is 0 Å². The zero-order valence-electron chi connectivity index (χ0n) is 5.09. The third-order valence-electron chi connectivity index (χ3n) is 0. The van der Waals surface area contributed by atoms with E-state index in [-0.39, 0.29) is 92.3 Å². The van der Waals surface area contributed by atoms with Gasteiger partial charge in [0.05, 0.1) is 0 Å². The van der Waals surface area contributed by atoms with E-state index in [0.29, 0.717) is 0 Å². The fourth-order valence-electron chi connectivity index (χ4n) is 0. The molecule has 0 amide bonds. The molecule has 0 radical (unpaired) electrons. The van der Waals surface area contributed by atoms with Crippen molar-refractivity contribution in [2.24, 2.45) is 0 Å². The van der Waals surface area contributed by atoms with Crippen molar-refractivity contribution < 1.29 is 94.1 Å². The van der Waals surface area contributed by atoms with E-state index in [0.717, 1.165) is 0 Å². The molecule has 0 aromatic rings. The quantitative estimate of drug-likeness (QED) is 0.349. The summed E-state index contributed by atoms with van der Waals surface area (Å²) in [5, 5.41) is 0. The van der Waals surface area contributed by atoms with E-state index in [1.54, 1.807) is 0 Å². The van der Waals surface area contributed by atoms with Crippen LogP contribution in [0.15, 0.2) is 0 Å². The first-order valence-corrected chi connectivity index (χ1v) is 2.45. The number of hydrogen-bond acceptors (Lipinski definition) is 4. The summed E-state index contributed by atoms with van der Waals surface area (Å²) in [5.74, 6) is 0. The molecule has 4 nitrogen and oxygen atoms in total. The third kappa shape index (κ3) is 109. The molecule has 0 fully saturated rings. The normalized spacial score (nSPS) is 6.67. The number of rotatable bonds is 0. The van der Waals surface area contributed by atoms with Crippen LogP contribution in [0.2, 0.25) is 0 Å². The maximum Gasteiger partial charge on any atom is 3.00 e. The van der Waals surface area contributed by atoms with Gasteiger partial charge in [0.1, 0.15) is 0 Å². The third-order valence-corrected chi connectivity index (χ3v) is 0. The molecule has 0 aliphatic rings. The predicted octanol–water partition coefficient (Wildman–Crippen LogP) is -14.5. The molecule has 0 N–H and O–H groups in total. The van der Waals surface area contributed by atoms with Crippen LogP contribution in [0.25, 0.3) is 0 Å². The molecule has 9 heavy (non-hydrogen) atoms. The van der Waals surface area contributed by atoms with Gasteiger partial charge in [0.2, 0.25) is 0 Å². The molecule has 0 rings (SSSR count). The van der Waals surface area contributed by atoms with Gasteiger partial charge in [-0.25, -0.2) is 0 Å². The Labute approximate surface area is 118 Å². The minimum Gasteiger partial charge on any atom is -1.00 e. The summed E-state index contributed by atoms with van der Waals surface area (Å²) in [6.45, 7) is 0. The SMILES string of the molecule is [Al+3].[F-].[K+].[Li+].[O-][Si]([O-])([O-])[O-]. The molecule has 40 valence electrons. The summed E-state index contributed by atoms with van der Waals surface area (Å²) >= 11 is 0. The first kappa shape index (κ1) is 29.8. The van der Waals surface area contributed by atoms with Gasteiger partial charge in [-0.15, -0.1) is 0 Å². The largest absolute Gasteiger partial charge is 3.00 e. The molecule has 0 aliphatic carbocycles. The molecule has 0 bridgehead atoms. The Kier molecular flexibility index (Phi) is 44.2. The van der Waals surface area contributed by atoms with Crippen LogP contribution in [0.5, 0.6) is 0 Å². The Bertz CT molecular complexity index is 36.0. The van der Waals surface area contributed by atoms with Crippen LogP contribution < -0.4 is 94.1 Å². The second kappa shape index (κ2) is 13.4. The molecule has 0 saturated carbocycles. The molecule has 9 heteroatoms. The molecule has 0 aromatic carbocycles. The molecule has 0 unspecified atom stereocenters. The zero-order valence-corrected chi connectivity index (χ0v) is 10.4. The van der Waals surface area contributed by atoms with E-state index in [4.69, 9.17) is 19.2 Å². The fourth-order valence-corrected chi connectivity index (χ4v) is 0. The van der Waals surface area contributed by atoms with Crippen molar-refractivity contribution in [3.63, 3.8) is 0 Å². The molecule has 0 aliphatic heterocycles. The molecule has 0 saturated heterocycles. The average molecular weight is 184 g/mol.